The van der Waals surface area contributed by atoms with E-state index in [1.807, 2.05) is 0 Å². The highest BCUT2D eigenvalue weighted by Gasteiger charge is 2.24. The van der Waals surface area contributed by atoms with Crippen molar-refractivity contribution in [3.05, 3.63) is 58.1 Å². The number of fused-ring (bicyclic) bond motifs is 3. The quantitative estimate of drug-likeness (QED) is 0.763. The second-order valence-corrected chi connectivity index (χ2v) is 5.42. The predicted molar refractivity (Wildman–Crippen MR) is 80.5 cm³/mol. The third kappa shape index (κ3) is 1.96. The van der Waals surface area contributed by atoms with Crippen LogP contribution in [-0.4, -0.2) is 10.2 Å². The lowest BCUT2D eigenvalue weighted by atomic mass is 9.90. The second kappa shape index (κ2) is 5.39. The summed E-state index contributed by atoms with van der Waals surface area (Å²) in [6, 6.07) is 10.5. The van der Waals surface area contributed by atoms with E-state index in [4.69, 9.17) is 0 Å². The van der Waals surface area contributed by atoms with Crippen LogP contribution in [0.1, 0.15) is 41.2 Å². The second-order valence-electron chi connectivity index (χ2n) is 5.42. The molecule has 0 fully saturated rings. The monoisotopic (exact) mass is 268 g/mol. The standard InChI is InChI=1S/C18H20O2/c1-2-5-15-17-8-12-6-3-4-7-14(12)16(17)9-13(10-19)18(15)11-20/h3-4,6-7,9,19-20H,2,5,8,10-11H2,1H3. The maximum atomic E-state index is 9.69. The minimum absolute atomic E-state index is 0.00878. The van der Waals surface area contributed by atoms with Gasteiger partial charge in [0.2, 0.25) is 0 Å². The van der Waals surface area contributed by atoms with Crippen molar-refractivity contribution in [1.29, 1.82) is 0 Å². The van der Waals surface area contributed by atoms with Crippen molar-refractivity contribution in [2.24, 2.45) is 0 Å². The van der Waals surface area contributed by atoms with Crippen molar-refractivity contribution in [2.75, 3.05) is 0 Å². The predicted octanol–water partition coefficient (Wildman–Crippen LogP) is 3.19. The van der Waals surface area contributed by atoms with Gasteiger partial charge in [-0.1, -0.05) is 37.6 Å². The fourth-order valence-corrected chi connectivity index (χ4v) is 3.35. The smallest absolute Gasteiger partial charge is 0.0688 e. The van der Waals surface area contributed by atoms with Crippen molar-refractivity contribution in [2.45, 2.75) is 39.4 Å². The third-order valence-electron chi connectivity index (χ3n) is 4.26. The molecule has 2 nitrogen and oxygen atoms in total. The third-order valence-corrected chi connectivity index (χ3v) is 4.26. The first-order valence-electron chi connectivity index (χ1n) is 7.26. The molecule has 2 aromatic carbocycles. The summed E-state index contributed by atoms with van der Waals surface area (Å²) < 4.78 is 0. The van der Waals surface area contributed by atoms with Gasteiger partial charge in [0.15, 0.2) is 0 Å². The molecule has 104 valence electrons. The number of benzene rings is 2. The Morgan fingerprint density at radius 1 is 1.00 bits per heavy atom. The lowest BCUT2D eigenvalue weighted by Crippen LogP contribution is -2.05. The molecule has 2 N–H and O–H groups in total. The summed E-state index contributed by atoms with van der Waals surface area (Å²) in [4.78, 5) is 0. The van der Waals surface area contributed by atoms with Crippen LogP contribution >= 0.6 is 0 Å². The number of aliphatic hydroxyl groups excluding tert-OH is 2. The van der Waals surface area contributed by atoms with Crippen LogP contribution in [-0.2, 0) is 26.1 Å². The van der Waals surface area contributed by atoms with Crippen LogP contribution in [0.4, 0.5) is 0 Å². The summed E-state index contributed by atoms with van der Waals surface area (Å²) in [6.45, 7) is 2.15. The molecule has 0 radical (unpaired) electrons. The maximum absolute atomic E-state index is 9.69. The van der Waals surface area contributed by atoms with Gasteiger partial charge < -0.3 is 10.2 Å². The molecule has 0 atom stereocenters. The van der Waals surface area contributed by atoms with E-state index in [9.17, 15) is 10.2 Å². The number of rotatable bonds is 4. The van der Waals surface area contributed by atoms with Crippen molar-refractivity contribution in [3.8, 4) is 11.1 Å². The molecule has 0 heterocycles. The minimum Gasteiger partial charge on any atom is -0.392 e. The number of hydrogen-bond acceptors (Lipinski definition) is 2. The van der Waals surface area contributed by atoms with E-state index in [2.05, 4.69) is 37.3 Å². The van der Waals surface area contributed by atoms with Crippen molar-refractivity contribution < 1.29 is 10.2 Å². The molecule has 0 bridgehead atoms. The zero-order chi connectivity index (χ0) is 14.1. The number of hydrogen-bond donors (Lipinski definition) is 2. The Kier molecular flexibility index (Phi) is 3.60. The van der Waals surface area contributed by atoms with Gasteiger partial charge in [-0.15, -0.1) is 0 Å². The molecule has 3 rings (SSSR count). The van der Waals surface area contributed by atoms with Gasteiger partial charge in [0.1, 0.15) is 0 Å². The van der Waals surface area contributed by atoms with E-state index in [-0.39, 0.29) is 13.2 Å². The van der Waals surface area contributed by atoms with Gasteiger partial charge in [0, 0.05) is 0 Å². The summed E-state index contributed by atoms with van der Waals surface area (Å²) >= 11 is 0. The molecule has 0 saturated carbocycles. The Hall–Kier alpha value is -1.64. The summed E-state index contributed by atoms with van der Waals surface area (Å²) in [6.07, 6.45) is 2.95. The Balaban J connectivity index is 2.25. The molecule has 0 spiro atoms. The molecule has 1 aliphatic carbocycles. The normalized spacial score (nSPS) is 12.3. The molecular formula is C18H20O2. The Bertz CT molecular complexity index is 644. The fourth-order valence-electron chi connectivity index (χ4n) is 3.35. The van der Waals surface area contributed by atoms with Gasteiger partial charge in [-0.25, -0.2) is 0 Å². The van der Waals surface area contributed by atoms with Gasteiger partial charge in [-0.05, 0) is 57.9 Å². The molecular weight excluding hydrogens is 248 g/mol. The fraction of sp³-hybridized carbons (Fsp3) is 0.333. The highest BCUT2D eigenvalue weighted by atomic mass is 16.3. The zero-order valence-electron chi connectivity index (χ0n) is 11.8. The van der Waals surface area contributed by atoms with Gasteiger partial charge in [0.05, 0.1) is 13.2 Å². The van der Waals surface area contributed by atoms with Crippen molar-refractivity contribution in [3.63, 3.8) is 0 Å². The molecule has 0 unspecified atom stereocenters. The highest BCUT2D eigenvalue weighted by Crippen LogP contribution is 2.41. The number of aliphatic hydroxyl groups is 2. The van der Waals surface area contributed by atoms with E-state index in [0.29, 0.717) is 0 Å². The van der Waals surface area contributed by atoms with Crippen molar-refractivity contribution in [1.82, 2.24) is 0 Å². The van der Waals surface area contributed by atoms with E-state index < -0.39 is 0 Å². The van der Waals surface area contributed by atoms with Crippen LogP contribution in [0.15, 0.2) is 30.3 Å². The van der Waals surface area contributed by atoms with Gasteiger partial charge in [-0.2, -0.15) is 0 Å². The summed E-state index contributed by atoms with van der Waals surface area (Å²) in [7, 11) is 0. The van der Waals surface area contributed by atoms with Gasteiger partial charge in [-0.3, -0.25) is 0 Å². The molecule has 0 amide bonds. The van der Waals surface area contributed by atoms with E-state index in [1.165, 1.54) is 27.8 Å². The van der Waals surface area contributed by atoms with Crippen LogP contribution in [0, 0.1) is 0 Å². The lowest BCUT2D eigenvalue weighted by molar-refractivity contribution is 0.259. The highest BCUT2D eigenvalue weighted by molar-refractivity contribution is 5.79. The largest absolute Gasteiger partial charge is 0.392 e. The Labute approximate surface area is 119 Å². The SMILES string of the molecule is CCCc1c(CO)c(CO)cc2c1Cc1ccccc1-2. The van der Waals surface area contributed by atoms with E-state index in [1.54, 1.807) is 0 Å². The molecule has 0 aromatic heterocycles. The topological polar surface area (TPSA) is 40.5 Å². The summed E-state index contributed by atoms with van der Waals surface area (Å²) in [5.41, 5.74) is 8.25. The average molecular weight is 268 g/mol. The molecule has 2 aromatic rings. The molecule has 0 aliphatic heterocycles. The molecule has 0 saturated heterocycles. The first-order chi connectivity index (χ1) is 9.80. The summed E-state index contributed by atoms with van der Waals surface area (Å²) in [5.74, 6) is 0. The minimum atomic E-state index is -0.0119. The lowest BCUT2D eigenvalue weighted by Gasteiger charge is -2.17. The Morgan fingerprint density at radius 2 is 1.80 bits per heavy atom. The van der Waals surface area contributed by atoms with Crippen molar-refractivity contribution >= 4 is 0 Å². The van der Waals surface area contributed by atoms with E-state index >= 15 is 0 Å². The average Bonchev–Trinajstić information content (AvgIpc) is 2.85. The summed E-state index contributed by atoms with van der Waals surface area (Å²) in [5, 5.41) is 19.3. The molecule has 20 heavy (non-hydrogen) atoms. The van der Waals surface area contributed by atoms with Crippen LogP contribution in [0.3, 0.4) is 0 Å². The zero-order valence-corrected chi connectivity index (χ0v) is 11.8. The first-order valence-corrected chi connectivity index (χ1v) is 7.26. The van der Waals surface area contributed by atoms with Crippen LogP contribution in [0.2, 0.25) is 0 Å². The van der Waals surface area contributed by atoms with Crippen LogP contribution in [0.5, 0.6) is 0 Å². The van der Waals surface area contributed by atoms with E-state index in [0.717, 1.165) is 30.4 Å². The van der Waals surface area contributed by atoms with Crippen LogP contribution < -0.4 is 0 Å². The molecule has 2 heteroatoms. The Morgan fingerprint density at radius 3 is 2.50 bits per heavy atom. The molecule has 1 aliphatic rings. The van der Waals surface area contributed by atoms with Gasteiger partial charge in [0.25, 0.3) is 0 Å². The van der Waals surface area contributed by atoms with Crippen LogP contribution in [0.25, 0.3) is 11.1 Å². The van der Waals surface area contributed by atoms with Gasteiger partial charge >= 0.3 is 0 Å². The maximum Gasteiger partial charge on any atom is 0.0688 e. The first kappa shape index (κ1) is 13.3.